The summed E-state index contributed by atoms with van der Waals surface area (Å²) in [7, 11) is 0. The molecule has 0 radical (unpaired) electrons. The van der Waals surface area contributed by atoms with Gasteiger partial charge < -0.3 is 4.52 Å². The van der Waals surface area contributed by atoms with E-state index in [4.69, 9.17) is 4.52 Å². The molecule has 0 N–H and O–H groups in total. The molecule has 1 aromatic heterocycles. The fraction of sp³-hybridized carbons (Fsp3) is 0.267. The second-order valence-electron chi connectivity index (χ2n) is 5.17. The predicted molar refractivity (Wildman–Crippen MR) is 76.7 cm³/mol. The number of nitrogens with zero attached hydrogens (tertiary/aromatic N) is 4. The van der Waals surface area contributed by atoms with Gasteiger partial charge in [-0.2, -0.15) is 4.98 Å². The van der Waals surface area contributed by atoms with Gasteiger partial charge in [0.05, 0.1) is 6.04 Å². The molecule has 1 aliphatic rings. The number of hydrogen-bond acceptors (Lipinski definition) is 6. The van der Waals surface area contributed by atoms with Crippen molar-refractivity contribution in [2.24, 2.45) is 0 Å². The van der Waals surface area contributed by atoms with Crippen LogP contribution in [-0.4, -0.2) is 37.8 Å². The molecule has 0 spiro atoms. The first-order valence-electron chi connectivity index (χ1n) is 7.02. The average molecular weight is 314 g/mol. The number of amides is 4. The Bertz CT molecular complexity index is 771. The molecule has 1 fully saturated rings. The SMILES string of the molecule is Cc1noc(CN2C(=O)C(=O)N([C@H](C)c3ccccc3)C2=O)n1. The van der Waals surface area contributed by atoms with E-state index in [1.54, 1.807) is 38.1 Å². The lowest BCUT2D eigenvalue weighted by Gasteiger charge is -2.21. The smallest absolute Gasteiger partial charge is 0.335 e. The Morgan fingerprint density at radius 2 is 1.83 bits per heavy atom. The summed E-state index contributed by atoms with van der Waals surface area (Å²) in [6.45, 7) is 3.09. The van der Waals surface area contributed by atoms with Crippen LogP contribution in [-0.2, 0) is 16.1 Å². The lowest BCUT2D eigenvalue weighted by Crippen LogP contribution is -2.35. The molecular weight excluding hydrogens is 300 g/mol. The van der Waals surface area contributed by atoms with E-state index in [0.29, 0.717) is 5.82 Å². The molecule has 23 heavy (non-hydrogen) atoms. The first-order valence-corrected chi connectivity index (χ1v) is 7.02. The summed E-state index contributed by atoms with van der Waals surface area (Å²) in [4.78, 5) is 42.5. The highest BCUT2D eigenvalue weighted by Crippen LogP contribution is 2.26. The van der Waals surface area contributed by atoms with E-state index < -0.39 is 23.9 Å². The monoisotopic (exact) mass is 314 g/mol. The summed E-state index contributed by atoms with van der Waals surface area (Å²) in [5, 5.41) is 3.60. The van der Waals surface area contributed by atoms with Gasteiger partial charge in [0.25, 0.3) is 0 Å². The Morgan fingerprint density at radius 3 is 2.43 bits per heavy atom. The topological polar surface area (TPSA) is 96.6 Å². The second kappa shape index (κ2) is 5.64. The van der Waals surface area contributed by atoms with Crippen LogP contribution in [0.2, 0.25) is 0 Å². The molecular formula is C15H14N4O4. The van der Waals surface area contributed by atoms with Gasteiger partial charge in [0.15, 0.2) is 5.82 Å². The Kier molecular flexibility index (Phi) is 3.65. The van der Waals surface area contributed by atoms with Gasteiger partial charge in [-0.05, 0) is 19.4 Å². The highest BCUT2D eigenvalue weighted by molar-refractivity contribution is 6.44. The van der Waals surface area contributed by atoms with Crippen molar-refractivity contribution in [1.82, 2.24) is 19.9 Å². The van der Waals surface area contributed by atoms with Crippen LogP contribution < -0.4 is 0 Å². The summed E-state index contributed by atoms with van der Waals surface area (Å²) in [5.74, 6) is -1.26. The Labute approximate surface area is 131 Å². The van der Waals surface area contributed by atoms with Crippen LogP contribution >= 0.6 is 0 Å². The Hall–Kier alpha value is -3.03. The van der Waals surface area contributed by atoms with Gasteiger partial charge in [-0.1, -0.05) is 35.5 Å². The third-order valence-corrected chi connectivity index (χ3v) is 3.62. The lowest BCUT2D eigenvalue weighted by molar-refractivity contribution is -0.144. The highest BCUT2D eigenvalue weighted by atomic mass is 16.5. The molecule has 8 heteroatoms. The Balaban J connectivity index is 1.85. The second-order valence-corrected chi connectivity index (χ2v) is 5.17. The number of benzene rings is 1. The minimum absolute atomic E-state index is 0.103. The van der Waals surface area contributed by atoms with Crippen LogP contribution in [0.4, 0.5) is 4.79 Å². The van der Waals surface area contributed by atoms with Crippen molar-refractivity contribution in [3.63, 3.8) is 0 Å². The third-order valence-electron chi connectivity index (χ3n) is 3.62. The number of aromatic nitrogens is 2. The van der Waals surface area contributed by atoms with Crippen molar-refractivity contribution in [3.8, 4) is 0 Å². The first kappa shape index (κ1) is 14.9. The molecule has 118 valence electrons. The van der Waals surface area contributed by atoms with Crippen molar-refractivity contribution in [3.05, 3.63) is 47.6 Å². The van der Waals surface area contributed by atoms with Gasteiger partial charge in [-0.25, -0.2) is 14.6 Å². The maximum Gasteiger partial charge on any atom is 0.335 e. The summed E-state index contributed by atoms with van der Waals surface area (Å²) in [6.07, 6.45) is 0. The number of carbonyl (C=O) groups excluding carboxylic acids is 3. The van der Waals surface area contributed by atoms with Crippen molar-refractivity contribution in [2.75, 3.05) is 0 Å². The first-order chi connectivity index (χ1) is 11.0. The van der Waals surface area contributed by atoms with E-state index in [1.165, 1.54) is 0 Å². The largest absolute Gasteiger partial charge is 0.337 e. The normalized spacial score (nSPS) is 16.3. The van der Waals surface area contributed by atoms with Crippen molar-refractivity contribution >= 4 is 17.8 Å². The van der Waals surface area contributed by atoms with Gasteiger partial charge in [0, 0.05) is 0 Å². The molecule has 0 saturated carbocycles. The summed E-state index contributed by atoms with van der Waals surface area (Å²) < 4.78 is 4.90. The number of rotatable bonds is 4. The van der Waals surface area contributed by atoms with Crippen LogP contribution in [0.1, 0.15) is 30.2 Å². The lowest BCUT2D eigenvalue weighted by atomic mass is 10.1. The minimum atomic E-state index is -0.895. The number of imide groups is 2. The van der Waals surface area contributed by atoms with E-state index in [2.05, 4.69) is 10.1 Å². The summed E-state index contributed by atoms with van der Waals surface area (Å²) >= 11 is 0. The molecule has 4 amide bonds. The molecule has 2 aromatic rings. The van der Waals surface area contributed by atoms with E-state index >= 15 is 0 Å². The van der Waals surface area contributed by atoms with Gasteiger partial charge in [0.2, 0.25) is 5.89 Å². The molecule has 2 heterocycles. The molecule has 8 nitrogen and oxygen atoms in total. The third kappa shape index (κ3) is 2.59. The van der Waals surface area contributed by atoms with Crippen molar-refractivity contribution in [2.45, 2.75) is 26.4 Å². The van der Waals surface area contributed by atoms with Gasteiger partial charge in [-0.15, -0.1) is 0 Å². The minimum Gasteiger partial charge on any atom is -0.337 e. The predicted octanol–water partition coefficient (Wildman–Crippen LogP) is 1.43. The van der Waals surface area contributed by atoms with Crippen LogP contribution in [0.25, 0.3) is 0 Å². The maximum absolute atomic E-state index is 12.5. The number of carbonyl (C=O) groups is 3. The molecule has 1 aromatic carbocycles. The average Bonchev–Trinajstić information content (AvgIpc) is 3.05. The zero-order valence-corrected chi connectivity index (χ0v) is 12.6. The van der Waals surface area contributed by atoms with Crippen LogP contribution in [0.15, 0.2) is 34.9 Å². The van der Waals surface area contributed by atoms with E-state index in [0.717, 1.165) is 15.4 Å². The number of urea groups is 1. The zero-order valence-electron chi connectivity index (χ0n) is 12.6. The fourth-order valence-corrected chi connectivity index (χ4v) is 2.42. The van der Waals surface area contributed by atoms with Crippen LogP contribution in [0.5, 0.6) is 0 Å². The van der Waals surface area contributed by atoms with Crippen molar-refractivity contribution in [1.29, 1.82) is 0 Å². The van der Waals surface area contributed by atoms with Gasteiger partial charge in [-0.3, -0.25) is 9.59 Å². The number of aryl methyl sites for hydroxylation is 1. The summed E-state index contributed by atoms with van der Waals surface area (Å²) in [6, 6.07) is 7.79. The Morgan fingerprint density at radius 1 is 1.13 bits per heavy atom. The van der Waals surface area contributed by atoms with Crippen LogP contribution in [0, 0.1) is 6.92 Å². The molecule has 0 unspecified atom stereocenters. The van der Waals surface area contributed by atoms with Crippen LogP contribution in [0.3, 0.4) is 0 Å². The fourth-order valence-electron chi connectivity index (χ4n) is 2.42. The quantitative estimate of drug-likeness (QED) is 0.625. The zero-order chi connectivity index (χ0) is 16.6. The van der Waals surface area contributed by atoms with E-state index in [1.807, 2.05) is 6.07 Å². The number of hydrogen-bond donors (Lipinski definition) is 0. The van der Waals surface area contributed by atoms with E-state index in [9.17, 15) is 14.4 Å². The molecule has 1 atom stereocenters. The summed E-state index contributed by atoms with van der Waals surface area (Å²) in [5.41, 5.74) is 0.762. The van der Waals surface area contributed by atoms with E-state index in [-0.39, 0.29) is 12.4 Å². The van der Waals surface area contributed by atoms with Gasteiger partial charge >= 0.3 is 17.8 Å². The molecule has 3 rings (SSSR count). The molecule has 1 saturated heterocycles. The highest BCUT2D eigenvalue weighted by Gasteiger charge is 2.47. The van der Waals surface area contributed by atoms with Crippen molar-refractivity contribution < 1.29 is 18.9 Å². The standard InChI is InChI=1S/C15H14N4O4/c1-9(11-6-4-3-5-7-11)19-14(21)13(20)18(15(19)22)8-12-16-10(2)17-23-12/h3-7,9H,8H2,1-2H3/t9-/m1/s1. The molecule has 0 bridgehead atoms. The van der Waals surface area contributed by atoms with Gasteiger partial charge in [0.1, 0.15) is 6.54 Å². The molecule has 1 aliphatic heterocycles. The maximum atomic E-state index is 12.5. The molecule has 0 aliphatic carbocycles.